The zero-order chi connectivity index (χ0) is 14.5. The molecule has 0 atom stereocenters. The summed E-state index contributed by atoms with van der Waals surface area (Å²) in [5.41, 5.74) is 1.06. The van der Waals surface area contributed by atoms with Crippen LogP contribution in [-0.2, 0) is 4.74 Å². The molecule has 110 valence electrons. The summed E-state index contributed by atoms with van der Waals surface area (Å²) in [6.45, 7) is 7.60. The van der Waals surface area contributed by atoms with Crippen molar-refractivity contribution in [3.05, 3.63) is 23.8 Å². The van der Waals surface area contributed by atoms with Crippen molar-refractivity contribution in [3.8, 4) is 5.75 Å². The molecular formula is C15H21NO4. The quantitative estimate of drug-likeness (QED) is 0.809. The number of para-hydroxylation sites is 1. The molecule has 0 spiro atoms. The molecule has 1 N–H and O–H groups in total. The van der Waals surface area contributed by atoms with E-state index in [1.165, 1.54) is 0 Å². The van der Waals surface area contributed by atoms with Crippen LogP contribution in [0.2, 0.25) is 0 Å². The topological polar surface area (TPSA) is 59.0 Å². The number of carboxylic acids is 1. The number of nitrogens with zero attached hydrogens (tertiary/aromatic N) is 1. The predicted octanol–water partition coefficient (Wildman–Crippen LogP) is 2.26. The third-order valence-corrected chi connectivity index (χ3v) is 3.13. The molecule has 0 saturated heterocycles. The fraction of sp³-hybridized carbons (Fsp3) is 0.533. The summed E-state index contributed by atoms with van der Waals surface area (Å²) in [5.74, 6) is 0.0282. The molecule has 0 fully saturated rings. The predicted molar refractivity (Wildman–Crippen MR) is 76.8 cm³/mol. The fourth-order valence-electron chi connectivity index (χ4n) is 2.20. The van der Waals surface area contributed by atoms with E-state index >= 15 is 0 Å². The average Bonchev–Trinajstić information content (AvgIpc) is 2.42. The molecule has 2 rings (SSSR count). The molecule has 0 aliphatic carbocycles. The van der Waals surface area contributed by atoms with E-state index in [1.807, 2.05) is 6.07 Å². The van der Waals surface area contributed by atoms with Crippen LogP contribution in [0.3, 0.4) is 0 Å². The van der Waals surface area contributed by atoms with E-state index < -0.39 is 5.97 Å². The largest absolute Gasteiger partial charge is 0.489 e. The Morgan fingerprint density at radius 3 is 3.00 bits per heavy atom. The standard InChI is InChI=1S/C15H21NO4/c1-11(2)10-19-8-6-16-7-9-20-14-12(15(17)18)4-3-5-13(14)16/h3-5,11H,6-10H2,1-2H3,(H,17,18). The lowest BCUT2D eigenvalue weighted by molar-refractivity contribution is 0.0692. The lowest BCUT2D eigenvalue weighted by atomic mass is 10.1. The summed E-state index contributed by atoms with van der Waals surface area (Å²) in [4.78, 5) is 13.3. The van der Waals surface area contributed by atoms with Gasteiger partial charge in [-0.3, -0.25) is 0 Å². The van der Waals surface area contributed by atoms with E-state index in [1.54, 1.807) is 12.1 Å². The molecule has 0 saturated carbocycles. The van der Waals surface area contributed by atoms with Crippen LogP contribution in [0.5, 0.6) is 5.75 Å². The molecule has 20 heavy (non-hydrogen) atoms. The van der Waals surface area contributed by atoms with Gasteiger partial charge < -0.3 is 19.5 Å². The molecule has 5 heteroatoms. The third kappa shape index (κ3) is 3.42. The highest BCUT2D eigenvalue weighted by molar-refractivity contribution is 5.93. The number of ether oxygens (including phenoxy) is 2. The summed E-state index contributed by atoms with van der Waals surface area (Å²) in [6, 6.07) is 5.21. The van der Waals surface area contributed by atoms with Crippen LogP contribution < -0.4 is 9.64 Å². The van der Waals surface area contributed by atoms with Crippen molar-refractivity contribution < 1.29 is 19.4 Å². The summed E-state index contributed by atoms with van der Waals surface area (Å²) in [6.07, 6.45) is 0. The van der Waals surface area contributed by atoms with Crippen molar-refractivity contribution in [1.82, 2.24) is 0 Å². The first-order valence-electron chi connectivity index (χ1n) is 6.91. The van der Waals surface area contributed by atoms with Crippen LogP contribution in [-0.4, -0.2) is 44.0 Å². The number of carboxylic acid groups (broad SMARTS) is 1. The van der Waals surface area contributed by atoms with Gasteiger partial charge in [-0.15, -0.1) is 0 Å². The normalized spacial score (nSPS) is 14.1. The molecule has 0 amide bonds. The van der Waals surface area contributed by atoms with Crippen LogP contribution >= 0.6 is 0 Å². The minimum atomic E-state index is -0.959. The number of anilines is 1. The molecule has 0 radical (unpaired) electrons. The van der Waals surface area contributed by atoms with Gasteiger partial charge in [0.25, 0.3) is 0 Å². The van der Waals surface area contributed by atoms with Gasteiger partial charge in [0.15, 0.2) is 5.75 Å². The van der Waals surface area contributed by atoms with Gasteiger partial charge in [-0.05, 0) is 18.1 Å². The Morgan fingerprint density at radius 2 is 2.30 bits per heavy atom. The maximum Gasteiger partial charge on any atom is 0.339 e. The third-order valence-electron chi connectivity index (χ3n) is 3.13. The van der Waals surface area contributed by atoms with Crippen LogP contribution in [0.1, 0.15) is 24.2 Å². The van der Waals surface area contributed by atoms with E-state index in [0.717, 1.165) is 25.4 Å². The van der Waals surface area contributed by atoms with E-state index in [2.05, 4.69) is 18.7 Å². The molecule has 5 nitrogen and oxygen atoms in total. The van der Waals surface area contributed by atoms with Crippen LogP contribution in [0.15, 0.2) is 18.2 Å². The highest BCUT2D eigenvalue weighted by Gasteiger charge is 2.23. The zero-order valence-corrected chi connectivity index (χ0v) is 12.0. The summed E-state index contributed by atoms with van der Waals surface area (Å²) >= 11 is 0. The molecular weight excluding hydrogens is 258 g/mol. The Morgan fingerprint density at radius 1 is 1.50 bits per heavy atom. The average molecular weight is 279 g/mol. The second-order valence-corrected chi connectivity index (χ2v) is 5.26. The summed E-state index contributed by atoms with van der Waals surface area (Å²) in [5, 5.41) is 9.18. The molecule has 1 aliphatic heterocycles. The first-order valence-corrected chi connectivity index (χ1v) is 6.91. The van der Waals surface area contributed by atoms with E-state index in [-0.39, 0.29) is 5.56 Å². The van der Waals surface area contributed by atoms with Crippen molar-refractivity contribution in [3.63, 3.8) is 0 Å². The number of fused-ring (bicyclic) bond motifs is 1. The number of carbonyl (C=O) groups is 1. The zero-order valence-electron chi connectivity index (χ0n) is 12.0. The molecule has 1 heterocycles. The van der Waals surface area contributed by atoms with Crippen LogP contribution in [0.4, 0.5) is 5.69 Å². The minimum absolute atomic E-state index is 0.218. The minimum Gasteiger partial charge on any atom is -0.489 e. The van der Waals surface area contributed by atoms with Gasteiger partial charge in [0, 0.05) is 13.2 Å². The number of hydrogen-bond donors (Lipinski definition) is 1. The van der Waals surface area contributed by atoms with Crippen molar-refractivity contribution >= 4 is 11.7 Å². The smallest absolute Gasteiger partial charge is 0.339 e. The van der Waals surface area contributed by atoms with E-state index in [0.29, 0.717) is 24.9 Å². The molecule has 0 aromatic heterocycles. The maximum absolute atomic E-state index is 11.2. The highest BCUT2D eigenvalue weighted by atomic mass is 16.5. The Bertz CT molecular complexity index is 473. The fourth-order valence-corrected chi connectivity index (χ4v) is 2.20. The van der Waals surface area contributed by atoms with Crippen molar-refractivity contribution in [2.45, 2.75) is 13.8 Å². The number of rotatable bonds is 6. The van der Waals surface area contributed by atoms with Crippen molar-refractivity contribution in [2.24, 2.45) is 5.92 Å². The van der Waals surface area contributed by atoms with Gasteiger partial charge in [-0.2, -0.15) is 0 Å². The van der Waals surface area contributed by atoms with E-state index in [4.69, 9.17) is 9.47 Å². The van der Waals surface area contributed by atoms with Gasteiger partial charge in [0.05, 0.1) is 18.8 Å². The van der Waals surface area contributed by atoms with Crippen LogP contribution in [0.25, 0.3) is 0 Å². The monoisotopic (exact) mass is 279 g/mol. The summed E-state index contributed by atoms with van der Waals surface area (Å²) < 4.78 is 11.1. The van der Waals surface area contributed by atoms with Crippen LogP contribution in [0, 0.1) is 5.92 Å². The first kappa shape index (κ1) is 14.7. The Kier molecular flexibility index (Phi) is 4.84. The Balaban J connectivity index is 2.05. The number of hydrogen-bond acceptors (Lipinski definition) is 4. The molecule has 0 unspecified atom stereocenters. The SMILES string of the molecule is CC(C)COCCN1CCOc2c(C(=O)O)cccc21. The van der Waals surface area contributed by atoms with E-state index in [9.17, 15) is 9.90 Å². The van der Waals surface area contributed by atoms with Gasteiger partial charge in [0.2, 0.25) is 0 Å². The van der Waals surface area contributed by atoms with Gasteiger partial charge >= 0.3 is 5.97 Å². The van der Waals surface area contributed by atoms with Crippen molar-refractivity contribution in [1.29, 1.82) is 0 Å². The van der Waals surface area contributed by atoms with Gasteiger partial charge in [-0.25, -0.2) is 4.79 Å². The number of benzene rings is 1. The Labute approximate surface area is 119 Å². The second-order valence-electron chi connectivity index (χ2n) is 5.26. The number of aromatic carboxylic acids is 1. The lowest BCUT2D eigenvalue weighted by Gasteiger charge is -2.31. The molecule has 1 aromatic carbocycles. The van der Waals surface area contributed by atoms with Crippen molar-refractivity contribution in [2.75, 3.05) is 37.8 Å². The first-order chi connectivity index (χ1) is 9.59. The molecule has 0 bridgehead atoms. The second kappa shape index (κ2) is 6.61. The van der Waals surface area contributed by atoms with Gasteiger partial charge in [-0.1, -0.05) is 19.9 Å². The van der Waals surface area contributed by atoms with Gasteiger partial charge in [0.1, 0.15) is 12.2 Å². The molecule has 1 aliphatic rings. The maximum atomic E-state index is 11.2. The highest BCUT2D eigenvalue weighted by Crippen LogP contribution is 2.34. The summed E-state index contributed by atoms with van der Waals surface area (Å²) in [7, 11) is 0. The lowest BCUT2D eigenvalue weighted by Crippen LogP contribution is -2.36. The molecule has 1 aromatic rings. The Hall–Kier alpha value is -1.75.